The Hall–Kier alpha value is -1.82. The maximum absolute atomic E-state index is 12.5. The lowest BCUT2D eigenvalue weighted by Gasteiger charge is -2.09. The van der Waals surface area contributed by atoms with Crippen molar-refractivity contribution in [3.63, 3.8) is 0 Å². The van der Waals surface area contributed by atoms with E-state index < -0.39 is 11.9 Å². The van der Waals surface area contributed by atoms with Gasteiger partial charge in [-0.25, -0.2) is 9.97 Å². The average Bonchev–Trinajstić information content (AvgIpc) is 2.37. The molecule has 0 aliphatic rings. The summed E-state index contributed by atoms with van der Waals surface area (Å²) < 4.78 is 42.5. The summed E-state index contributed by atoms with van der Waals surface area (Å²) >= 11 is 5.65. The van der Waals surface area contributed by atoms with Crippen LogP contribution >= 0.6 is 11.6 Å². The third kappa shape index (κ3) is 3.57. The van der Waals surface area contributed by atoms with Gasteiger partial charge in [0.2, 0.25) is 0 Å². The maximum atomic E-state index is 12.5. The molecule has 0 fully saturated rings. The molecule has 2 rings (SSSR count). The Balaban J connectivity index is 2.16. The Bertz CT molecular complexity index is 561. The van der Waals surface area contributed by atoms with Crippen molar-refractivity contribution < 1.29 is 17.9 Å². The van der Waals surface area contributed by atoms with E-state index in [1.807, 2.05) is 6.07 Å². The molecule has 3 nitrogen and oxygen atoms in total. The van der Waals surface area contributed by atoms with Gasteiger partial charge in [-0.2, -0.15) is 13.2 Å². The van der Waals surface area contributed by atoms with Crippen molar-refractivity contribution in [2.24, 2.45) is 0 Å². The summed E-state index contributed by atoms with van der Waals surface area (Å²) in [5.74, 6) is -0.333. The first-order valence-electron chi connectivity index (χ1n) is 5.23. The van der Waals surface area contributed by atoms with Crippen LogP contribution in [0.4, 0.5) is 13.2 Å². The standard InChI is InChI=1S/C12H8ClF3N2O/c13-10-11(18-9(6-17-10)12(14,15)16)19-7-8-4-2-1-3-5-8/h1-6H,7H2. The first-order chi connectivity index (χ1) is 8.97. The molecule has 0 atom stereocenters. The van der Waals surface area contributed by atoms with Gasteiger partial charge >= 0.3 is 6.18 Å². The van der Waals surface area contributed by atoms with Gasteiger partial charge < -0.3 is 4.74 Å². The van der Waals surface area contributed by atoms with Crippen molar-refractivity contribution in [1.82, 2.24) is 9.97 Å². The summed E-state index contributed by atoms with van der Waals surface area (Å²) in [5, 5.41) is -0.205. The summed E-state index contributed by atoms with van der Waals surface area (Å²) in [6, 6.07) is 8.95. The van der Waals surface area contributed by atoms with Crippen LogP contribution in [0.25, 0.3) is 0 Å². The minimum atomic E-state index is -4.58. The third-order valence-corrected chi connectivity index (χ3v) is 2.47. The van der Waals surface area contributed by atoms with Gasteiger partial charge in [0.15, 0.2) is 10.8 Å². The van der Waals surface area contributed by atoms with Crippen molar-refractivity contribution in [2.75, 3.05) is 0 Å². The molecule has 19 heavy (non-hydrogen) atoms. The molecule has 0 N–H and O–H groups in total. The minimum absolute atomic E-state index is 0.0660. The zero-order chi connectivity index (χ0) is 13.9. The molecule has 7 heteroatoms. The normalized spacial score (nSPS) is 11.4. The number of alkyl halides is 3. The highest BCUT2D eigenvalue weighted by atomic mass is 35.5. The molecule has 2 aromatic rings. The van der Waals surface area contributed by atoms with E-state index in [-0.39, 0.29) is 17.6 Å². The molecule has 0 saturated heterocycles. The van der Waals surface area contributed by atoms with Gasteiger partial charge in [-0.05, 0) is 5.56 Å². The lowest BCUT2D eigenvalue weighted by molar-refractivity contribution is -0.141. The topological polar surface area (TPSA) is 35.0 Å². The van der Waals surface area contributed by atoms with Crippen molar-refractivity contribution >= 4 is 11.6 Å². The van der Waals surface area contributed by atoms with Crippen LogP contribution in [0.3, 0.4) is 0 Å². The predicted octanol–water partition coefficient (Wildman–Crippen LogP) is 3.73. The zero-order valence-electron chi connectivity index (χ0n) is 9.49. The molecule has 0 bridgehead atoms. The molecule has 0 amide bonds. The molecular weight excluding hydrogens is 281 g/mol. The van der Waals surface area contributed by atoms with E-state index in [0.717, 1.165) is 5.56 Å². The van der Waals surface area contributed by atoms with Gasteiger partial charge in [0.1, 0.15) is 6.61 Å². The van der Waals surface area contributed by atoms with Crippen LogP contribution in [-0.4, -0.2) is 9.97 Å². The fraction of sp³-hybridized carbons (Fsp3) is 0.167. The lowest BCUT2D eigenvalue weighted by atomic mass is 10.2. The first-order valence-corrected chi connectivity index (χ1v) is 5.61. The Morgan fingerprint density at radius 3 is 2.47 bits per heavy atom. The van der Waals surface area contributed by atoms with Gasteiger partial charge in [0.25, 0.3) is 5.88 Å². The highest BCUT2D eigenvalue weighted by Crippen LogP contribution is 2.30. The first kappa shape index (κ1) is 13.6. The average molecular weight is 289 g/mol. The number of rotatable bonds is 3. The molecule has 0 unspecified atom stereocenters. The van der Waals surface area contributed by atoms with Crippen LogP contribution in [0.5, 0.6) is 5.88 Å². The van der Waals surface area contributed by atoms with Crippen LogP contribution < -0.4 is 4.74 Å². The van der Waals surface area contributed by atoms with Gasteiger partial charge in [0.05, 0.1) is 6.20 Å². The second-order valence-electron chi connectivity index (χ2n) is 3.62. The van der Waals surface area contributed by atoms with Crippen LogP contribution in [-0.2, 0) is 12.8 Å². The highest BCUT2D eigenvalue weighted by molar-refractivity contribution is 6.30. The molecule has 100 valence electrons. The number of nitrogens with zero attached hydrogens (tertiary/aromatic N) is 2. The molecule has 0 aliphatic carbocycles. The largest absolute Gasteiger partial charge is 0.471 e. The van der Waals surface area contributed by atoms with E-state index >= 15 is 0 Å². The van der Waals surface area contributed by atoms with Crippen LogP contribution in [0.1, 0.15) is 11.3 Å². The van der Waals surface area contributed by atoms with Crippen LogP contribution in [0.2, 0.25) is 5.15 Å². The van der Waals surface area contributed by atoms with Gasteiger partial charge in [-0.15, -0.1) is 0 Å². The quantitative estimate of drug-likeness (QED) is 0.863. The fourth-order valence-electron chi connectivity index (χ4n) is 1.31. The minimum Gasteiger partial charge on any atom is -0.471 e. The van der Waals surface area contributed by atoms with E-state index in [1.54, 1.807) is 24.3 Å². The number of aromatic nitrogens is 2. The highest BCUT2D eigenvalue weighted by Gasteiger charge is 2.34. The smallest absolute Gasteiger partial charge is 0.435 e. The van der Waals surface area contributed by atoms with Crippen molar-refractivity contribution in [3.05, 3.63) is 52.9 Å². The number of ether oxygens (including phenoxy) is 1. The molecule has 1 aromatic heterocycles. The summed E-state index contributed by atoms with van der Waals surface area (Å²) in [4.78, 5) is 6.73. The number of benzene rings is 1. The van der Waals surface area contributed by atoms with Crippen molar-refractivity contribution in [2.45, 2.75) is 12.8 Å². The molecular formula is C12H8ClF3N2O. The molecule has 1 heterocycles. The van der Waals surface area contributed by atoms with E-state index in [1.165, 1.54) is 0 Å². The molecule has 0 radical (unpaired) electrons. The maximum Gasteiger partial charge on any atom is 0.435 e. The van der Waals surface area contributed by atoms with Gasteiger partial charge in [-0.3, -0.25) is 0 Å². The van der Waals surface area contributed by atoms with Crippen molar-refractivity contribution in [1.29, 1.82) is 0 Å². The van der Waals surface area contributed by atoms with Gasteiger partial charge in [-0.1, -0.05) is 41.9 Å². The summed E-state index contributed by atoms with van der Waals surface area (Å²) in [5.41, 5.74) is -0.349. The molecule has 0 saturated carbocycles. The van der Waals surface area contributed by atoms with E-state index in [2.05, 4.69) is 9.97 Å². The number of hydrogen-bond donors (Lipinski definition) is 0. The Morgan fingerprint density at radius 1 is 1.16 bits per heavy atom. The SMILES string of the molecule is FC(F)(F)c1cnc(Cl)c(OCc2ccccc2)n1. The Kier molecular flexibility index (Phi) is 3.90. The van der Waals surface area contributed by atoms with Crippen LogP contribution in [0.15, 0.2) is 36.5 Å². The molecule has 1 aromatic carbocycles. The van der Waals surface area contributed by atoms with E-state index in [0.29, 0.717) is 6.20 Å². The monoisotopic (exact) mass is 288 g/mol. The fourth-order valence-corrected chi connectivity index (χ4v) is 1.46. The molecule has 0 spiro atoms. The van der Waals surface area contributed by atoms with E-state index in [4.69, 9.17) is 16.3 Å². The Morgan fingerprint density at radius 2 is 1.84 bits per heavy atom. The second kappa shape index (κ2) is 5.44. The van der Waals surface area contributed by atoms with Crippen molar-refractivity contribution in [3.8, 4) is 5.88 Å². The van der Waals surface area contributed by atoms with Crippen LogP contribution in [0, 0.1) is 0 Å². The number of hydrogen-bond acceptors (Lipinski definition) is 3. The summed E-state index contributed by atoms with van der Waals surface area (Å²) in [7, 11) is 0. The Labute approximate surface area is 112 Å². The zero-order valence-corrected chi connectivity index (χ0v) is 10.2. The predicted molar refractivity (Wildman–Crippen MR) is 62.8 cm³/mol. The van der Waals surface area contributed by atoms with E-state index in [9.17, 15) is 13.2 Å². The number of halogens is 4. The molecule has 0 aliphatic heterocycles. The lowest BCUT2D eigenvalue weighted by Crippen LogP contribution is -2.10. The summed E-state index contributed by atoms with van der Waals surface area (Å²) in [6.45, 7) is 0.0660. The third-order valence-electron chi connectivity index (χ3n) is 2.21. The second-order valence-corrected chi connectivity index (χ2v) is 3.98. The summed E-state index contributed by atoms with van der Waals surface area (Å²) in [6.07, 6.45) is -4.01. The van der Waals surface area contributed by atoms with Gasteiger partial charge in [0, 0.05) is 0 Å².